The van der Waals surface area contributed by atoms with Crippen molar-refractivity contribution in [3.8, 4) is 0 Å². The summed E-state index contributed by atoms with van der Waals surface area (Å²) in [6, 6.07) is 4.99. The van der Waals surface area contributed by atoms with Crippen LogP contribution in [0.15, 0.2) is 28.3 Å². The summed E-state index contributed by atoms with van der Waals surface area (Å²) in [7, 11) is -3.79. The molecule has 7 nitrogen and oxygen atoms in total. The zero-order chi connectivity index (χ0) is 21.9. The smallest absolute Gasteiger partial charge is 0.238 e. The summed E-state index contributed by atoms with van der Waals surface area (Å²) in [6.45, 7) is 7.35. The fourth-order valence-corrected chi connectivity index (χ4v) is 5.46. The van der Waals surface area contributed by atoms with Gasteiger partial charge in [0.15, 0.2) is 5.16 Å². The number of nitrogens with zero attached hydrogens (tertiary/aromatic N) is 2. The summed E-state index contributed by atoms with van der Waals surface area (Å²) in [5, 5.41) is 9.19. The number of rotatable bonds is 8. The normalized spacial score (nSPS) is 22.3. The molecule has 30 heavy (non-hydrogen) atoms. The predicted octanol–water partition coefficient (Wildman–Crippen LogP) is 3.52. The fourth-order valence-electron chi connectivity index (χ4n) is 4.07. The lowest BCUT2D eigenvalue weighted by Crippen LogP contribution is -2.44. The SMILES string of the molecule is CCCCn1c(SCC(=O)N[C@@H]2CCC[C@H](C)[C@H]2C)nc2cc(S(N)(=O)=O)ccc21. The second-order valence-electron chi connectivity index (χ2n) is 8.33. The lowest BCUT2D eigenvalue weighted by Gasteiger charge is -2.34. The molecule has 1 aromatic heterocycles. The number of fused-ring (bicyclic) bond motifs is 1. The van der Waals surface area contributed by atoms with Gasteiger partial charge in [0, 0.05) is 12.6 Å². The zero-order valence-electron chi connectivity index (χ0n) is 17.9. The van der Waals surface area contributed by atoms with Gasteiger partial charge < -0.3 is 9.88 Å². The van der Waals surface area contributed by atoms with Gasteiger partial charge in [0.05, 0.1) is 21.7 Å². The van der Waals surface area contributed by atoms with Gasteiger partial charge in [-0.25, -0.2) is 18.5 Å². The molecule has 1 heterocycles. The van der Waals surface area contributed by atoms with Crippen LogP contribution in [0.5, 0.6) is 0 Å². The molecule has 0 spiro atoms. The minimum Gasteiger partial charge on any atom is -0.352 e. The Kier molecular flexibility index (Phi) is 7.47. The van der Waals surface area contributed by atoms with E-state index in [0.29, 0.717) is 17.4 Å². The first kappa shape index (κ1) is 23.1. The van der Waals surface area contributed by atoms with Crippen molar-refractivity contribution in [3.05, 3.63) is 18.2 Å². The van der Waals surface area contributed by atoms with Gasteiger partial charge in [-0.2, -0.15) is 0 Å². The number of hydrogen-bond acceptors (Lipinski definition) is 5. The number of nitrogens with two attached hydrogens (primary N) is 1. The van der Waals surface area contributed by atoms with Crippen LogP contribution in [-0.4, -0.2) is 35.7 Å². The Morgan fingerprint density at radius 3 is 2.80 bits per heavy atom. The summed E-state index contributed by atoms with van der Waals surface area (Å²) >= 11 is 1.39. The lowest BCUT2D eigenvalue weighted by molar-refractivity contribution is -0.120. The van der Waals surface area contributed by atoms with Crippen molar-refractivity contribution < 1.29 is 13.2 Å². The van der Waals surface area contributed by atoms with Crippen molar-refractivity contribution in [2.45, 2.75) is 75.5 Å². The number of sulfonamides is 1. The number of unbranched alkanes of at least 4 members (excludes halogenated alkanes) is 1. The van der Waals surface area contributed by atoms with Gasteiger partial charge in [-0.1, -0.05) is 51.8 Å². The van der Waals surface area contributed by atoms with Gasteiger partial charge in [0.1, 0.15) is 0 Å². The molecule has 2 aromatic rings. The Bertz CT molecular complexity index is 1000. The van der Waals surface area contributed by atoms with E-state index in [1.54, 1.807) is 6.07 Å². The number of nitrogens with one attached hydrogen (secondary N) is 1. The third kappa shape index (κ3) is 5.36. The molecule has 3 N–H and O–H groups in total. The molecule has 0 unspecified atom stereocenters. The van der Waals surface area contributed by atoms with Crippen LogP contribution in [0.4, 0.5) is 0 Å². The Morgan fingerprint density at radius 1 is 1.33 bits per heavy atom. The first-order valence-electron chi connectivity index (χ1n) is 10.7. The number of carbonyl (C=O) groups is 1. The molecule has 1 aliphatic carbocycles. The van der Waals surface area contributed by atoms with Crippen molar-refractivity contribution in [2.75, 3.05) is 5.75 Å². The standard InChI is InChI=1S/C21H32N4O3S2/c1-4-5-11-25-19-10-9-16(30(22,27)28)12-18(19)24-21(25)29-13-20(26)23-17-8-6-7-14(2)15(17)3/h9-10,12,14-15,17H,4-8,11,13H2,1-3H3,(H,23,26)(H2,22,27,28)/t14-,15+,17+/m0/s1. The van der Waals surface area contributed by atoms with Crippen LogP contribution in [0.3, 0.4) is 0 Å². The van der Waals surface area contributed by atoms with Crippen LogP contribution < -0.4 is 10.5 Å². The lowest BCUT2D eigenvalue weighted by atomic mass is 9.78. The second kappa shape index (κ2) is 9.70. The van der Waals surface area contributed by atoms with Gasteiger partial charge >= 0.3 is 0 Å². The van der Waals surface area contributed by atoms with E-state index in [1.807, 2.05) is 0 Å². The third-order valence-corrected chi connectivity index (χ3v) is 8.02. The Hall–Kier alpha value is -1.58. The van der Waals surface area contributed by atoms with E-state index in [1.165, 1.54) is 30.3 Å². The first-order chi connectivity index (χ1) is 14.2. The molecule has 1 aromatic carbocycles. The molecule has 166 valence electrons. The van der Waals surface area contributed by atoms with Crippen molar-refractivity contribution in [3.63, 3.8) is 0 Å². The predicted molar refractivity (Wildman–Crippen MR) is 121 cm³/mol. The van der Waals surface area contributed by atoms with Gasteiger partial charge in [0.2, 0.25) is 15.9 Å². The number of aryl methyl sites for hydroxylation is 1. The van der Waals surface area contributed by atoms with Gasteiger partial charge in [-0.3, -0.25) is 4.79 Å². The van der Waals surface area contributed by atoms with Crippen LogP contribution in [0.1, 0.15) is 52.9 Å². The van der Waals surface area contributed by atoms with Crippen molar-refractivity contribution in [2.24, 2.45) is 17.0 Å². The van der Waals surface area contributed by atoms with Crippen LogP contribution in [0.2, 0.25) is 0 Å². The van der Waals surface area contributed by atoms with E-state index in [-0.39, 0.29) is 22.6 Å². The molecule has 0 saturated heterocycles. The molecule has 1 aliphatic rings. The topological polar surface area (TPSA) is 107 Å². The van der Waals surface area contributed by atoms with Crippen LogP contribution in [0, 0.1) is 11.8 Å². The molecule has 1 amide bonds. The second-order valence-corrected chi connectivity index (χ2v) is 10.8. The highest BCUT2D eigenvalue weighted by molar-refractivity contribution is 7.99. The minimum atomic E-state index is -3.79. The third-order valence-electron chi connectivity index (χ3n) is 6.13. The maximum Gasteiger partial charge on any atom is 0.238 e. The number of hydrogen-bond donors (Lipinski definition) is 2. The summed E-state index contributed by atoms with van der Waals surface area (Å²) in [6.07, 6.45) is 5.41. The maximum atomic E-state index is 12.6. The highest BCUT2D eigenvalue weighted by Crippen LogP contribution is 2.30. The van der Waals surface area contributed by atoms with E-state index < -0.39 is 10.0 Å². The summed E-state index contributed by atoms with van der Waals surface area (Å²) in [5.41, 5.74) is 1.43. The number of imidazole rings is 1. The monoisotopic (exact) mass is 452 g/mol. The van der Waals surface area contributed by atoms with E-state index in [0.717, 1.165) is 42.9 Å². The number of benzene rings is 1. The molecule has 3 atom stereocenters. The number of primary sulfonamides is 1. The van der Waals surface area contributed by atoms with Crippen molar-refractivity contribution in [1.82, 2.24) is 14.9 Å². The number of aromatic nitrogens is 2. The molecule has 0 aliphatic heterocycles. The molecular formula is C21H32N4O3S2. The molecule has 3 rings (SSSR count). The van der Waals surface area contributed by atoms with Gasteiger partial charge in [0.25, 0.3) is 0 Å². The minimum absolute atomic E-state index is 0.0188. The highest BCUT2D eigenvalue weighted by Gasteiger charge is 2.28. The average Bonchev–Trinajstić information content (AvgIpc) is 3.04. The molecule has 0 radical (unpaired) electrons. The number of amides is 1. The van der Waals surface area contributed by atoms with Gasteiger partial charge in [-0.15, -0.1) is 0 Å². The molecule has 1 saturated carbocycles. The Morgan fingerprint density at radius 2 is 2.10 bits per heavy atom. The van der Waals surface area contributed by atoms with E-state index in [2.05, 4.69) is 35.6 Å². The number of carbonyl (C=O) groups excluding carboxylic acids is 1. The van der Waals surface area contributed by atoms with Crippen molar-refractivity contribution in [1.29, 1.82) is 0 Å². The molecular weight excluding hydrogens is 420 g/mol. The molecule has 0 bridgehead atoms. The average molecular weight is 453 g/mol. The van der Waals surface area contributed by atoms with Crippen molar-refractivity contribution >= 4 is 38.7 Å². The summed E-state index contributed by atoms with van der Waals surface area (Å²) < 4.78 is 25.4. The zero-order valence-corrected chi connectivity index (χ0v) is 19.6. The van der Waals surface area contributed by atoms with E-state index in [4.69, 9.17) is 5.14 Å². The molecule has 1 fully saturated rings. The number of thioether (sulfide) groups is 1. The Balaban J connectivity index is 1.76. The summed E-state index contributed by atoms with van der Waals surface area (Å²) in [4.78, 5) is 17.3. The van der Waals surface area contributed by atoms with Crippen LogP contribution in [-0.2, 0) is 21.4 Å². The van der Waals surface area contributed by atoms with Gasteiger partial charge in [-0.05, 0) is 42.9 Å². The Labute approximate surface area is 183 Å². The quantitative estimate of drug-likeness (QED) is 0.596. The fraction of sp³-hybridized carbons (Fsp3) is 0.619. The van der Waals surface area contributed by atoms with Crippen LogP contribution in [0.25, 0.3) is 11.0 Å². The van der Waals surface area contributed by atoms with E-state index >= 15 is 0 Å². The maximum absolute atomic E-state index is 12.6. The molecule has 9 heteroatoms. The van der Waals surface area contributed by atoms with Crippen LogP contribution >= 0.6 is 11.8 Å². The highest BCUT2D eigenvalue weighted by atomic mass is 32.2. The van der Waals surface area contributed by atoms with E-state index in [9.17, 15) is 13.2 Å². The first-order valence-corrected chi connectivity index (χ1v) is 13.2. The largest absolute Gasteiger partial charge is 0.352 e. The summed E-state index contributed by atoms with van der Waals surface area (Å²) in [5.74, 6) is 1.42.